The van der Waals surface area contributed by atoms with Crippen molar-refractivity contribution < 1.29 is 13.2 Å². The lowest BCUT2D eigenvalue weighted by atomic mass is 10.2. The van der Waals surface area contributed by atoms with Gasteiger partial charge in [-0.3, -0.25) is 4.79 Å². The zero-order chi connectivity index (χ0) is 13.6. The van der Waals surface area contributed by atoms with Gasteiger partial charge in [-0.15, -0.1) is 11.6 Å². The quantitative estimate of drug-likeness (QED) is 0.708. The number of hydrogen-bond donors (Lipinski definition) is 0. The molecule has 0 aliphatic rings. The highest BCUT2D eigenvalue weighted by atomic mass is 35.5. The Morgan fingerprint density at radius 2 is 1.83 bits per heavy atom. The molecule has 6 heteroatoms. The summed E-state index contributed by atoms with van der Waals surface area (Å²) in [6.07, 6.45) is 3.00. The fourth-order valence-electron chi connectivity index (χ4n) is 1.49. The monoisotopic (exact) mass is 288 g/mol. The van der Waals surface area contributed by atoms with Crippen LogP contribution in [0.4, 0.5) is 5.69 Å². The van der Waals surface area contributed by atoms with E-state index in [2.05, 4.69) is 0 Å². The maximum atomic E-state index is 11.2. The summed E-state index contributed by atoms with van der Waals surface area (Å²) in [5.41, 5.74) is 1.31. The average Bonchev–Trinajstić information content (AvgIpc) is 2.33. The van der Waals surface area contributed by atoms with Crippen LogP contribution in [0.2, 0.25) is 0 Å². The van der Waals surface area contributed by atoms with E-state index in [1.165, 1.54) is 6.26 Å². The molecule has 0 bridgehead atoms. The number of sulfone groups is 1. The Bertz CT molecular complexity index is 485. The summed E-state index contributed by atoms with van der Waals surface area (Å²) in [7, 11) is -3.01. The van der Waals surface area contributed by atoms with Crippen molar-refractivity contribution in [1.82, 2.24) is 0 Å². The molecule has 4 nitrogen and oxygen atoms in total. The lowest BCUT2D eigenvalue weighted by molar-refractivity contribution is 0.562. The lowest BCUT2D eigenvalue weighted by Gasteiger charge is -2.23. The number of nitrogens with zero attached hydrogens (tertiary/aromatic N) is 1. The number of benzene rings is 1. The van der Waals surface area contributed by atoms with Crippen LogP contribution in [0.15, 0.2) is 24.3 Å². The van der Waals surface area contributed by atoms with E-state index in [0.29, 0.717) is 24.5 Å². The first kappa shape index (κ1) is 15.0. The second-order valence-electron chi connectivity index (χ2n) is 3.95. The first-order chi connectivity index (χ1) is 8.46. The molecule has 0 fully saturated rings. The van der Waals surface area contributed by atoms with Crippen molar-refractivity contribution in [3.05, 3.63) is 29.8 Å². The third kappa shape index (κ3) is 5.06. The molecule has 0 heterocycles. The Kier molecular flexibility index (Phi) is 5.62. The molecule has 0 atom stereocenters. The van der Waals surface area contributed by atoms with Crippen molar-refractivity contribution >= 4 is 33.4 Å². The van der Waals surface area contributed by atoms with E-state index in [1.54, 1.807) is 30.6 Å². The van der Waals surface area contributed by atoms with E-state index in [4.69, 9.17) is 11.6 Å². The van der Waals surface area contributed by atoms with E-state index in [0.717, 1.165) is 5.69 Å². The molecule has 99 valence electrons. The SMILES string of the molecule is CS(=O)(=O)CCN(CCCl)c1ccc([C]=O)cc1. The van der Waals surface area contributed by atoms with Crippen LogP contribution in [0.25, 0.3) is 0 Å². The zero-order valence-electron chi connectivity index (χ0n) is 10.1. The first-order valence-corrected chi connectivity index (χ1v) is 8.02. The zero-order valence-corrected chi connectivity index (χ0v) is 11.7. The third-order valence-electron chi connectivity index (χ3n) is 2.44. The van der Waals surface area contributed by atoms with Gasteiger partial charge in [0.25, 0.3) is 0 Å². The number of anilines is 1. The highest BCUT2D eigenvalue weighted by Crippen LogP contribution is 2.14. The van der Waals surface area contributed by atoms with Crippen molar-refractivity contribution in [2.45, 2.75) is 0 Å². The van der Waals surface area contributed by atoms with Crippen LogP contribution >= 0.6 is 11.6 Å². The molecular weight excluding hydrogens is 274 g/mol. The maximum absolute atomic E-state index is 11.2. The van der Waals surface area contributed by atoms with Gasteiger partial charge in [0, 0.05) is 36.5 Å². The second kappa shape index (κ2) is 6.75. The molecule has 0 saturated carbocycles. The predicted molar refractivity (Wildman–Crippen MR) is 73.9 cm³/mol. The Morgan fingerprint density at radius 1 is 1.22 bits per heavy atom. The van der Waals surface area contributed by atoms with Crippen molar-refractivity contribution in [2.24, 2.45) is 0 Å². The molecule has 18 heavy (non-hydrogen) atoms. The fraction of sp³-hybridized carbons (Fsp3) is 0.417. The number of halogens is 1. The minimum atomic E-state index is -3.01. The first-order valence-electron chi connectivity index (χ1n) is 5.43. The van der Waals surface area contributed by atoms with E-state index in [-0.39, 0.29) is 5.75 Å². The van der Waals surface area contributed by atoms with Crippen LogP contribution in [0.5, 0.6) is 0 Å². The molecule has 0 aliphatic carbocycles. The highest BCUT2D eigenvalue weighted by Gasteiger charge is 2.10. The summed E-state index contributed by atoms with van der Waals surface area (Å²) in [6.45, 7) is 0.941. The lowest BCUT2D eigenvalue weighted by Crippen LogP contribution is -2.30. The molecule has 0 aliphatic heterocycles. The van der Waals surface area contributed by atoms with Crippen LogP contribution in [0.1, 0.15) is 5.56 Å². The molecule has 1 radical (unpaired) electrons. The summed E-state index contributed by atoms with van der Waals surface area (Å²) >= 11 is 5.70. The molecule has 1 aromatic carbocycles. The number of alkyl halides is 1. The molecule has 0 unspecified atom stereocenters. The summed E-state index contributed by atoms with van der Waals surface area (Å²) < 4.78 is 22.3. The highest BCUT2D eigenvalue weighted by molar-refractivity contribution is 7.90. The topological polar surface area (TPSA) is 54.5 Å². The van der Waals surface area contributed by atoms with Crippen LogP contribution in [-0.4, -0.2) is 45.7 Å². The summed E-state index contributed by atoms with van der Waals surface area (Å²) in [6, 6.07) is 6.80. The minimum Gasteiger partial charge on any atom is -0.369 e. The van der Waals surface area contributed by atoms with E-state index < -0.39 is 9.84 Å². The smallest absolute Gasteiger partial charge is 0.233 e. The van der Waals surface area contributed by atoms with Crippen LogP contribution in [-0.2, 0) is 14.6 Å². The van der Waals surface area contributed by atoms with Gasteiger partial charge in [0.2, 0.25) is 6.29 Å². The van der Waals surface area contributed by atoms with Gasteiger partial charge in [-0.2, -0.15) is 0 Å². The van der Waals surface area contributed by atoms with Gasteiger partial charge in [-0.25, -0.2) is 8.42 Å². The fourth-order valence-corrected chi connectivity index (χ4v) is 2.24. The van der Waals surface area contributed by atoms with Gasteiger partial charge in [0.15, 0.2) is 0 Å². The summed E-state index contributed by atoms with van der Waals surface area (Å²) in [5, 5.41) is 0. The standard InChI is InChI=1S/C12H15ClNO3S/c1-18(16,17)9-8-14(7-6-13)12-4-2-11(10-15)3-5-12/h2-5H,6-9H2,1H3. The van der Waals surface area contributed by atoms with Crippen LogP contribution < -0.4 is 4.90 Å². The average molecular weight is 289 g/mol. The molecule has 1 rings (SSSR count). The number of carbonyl (C=O) groups excluding carboxylic acids is 1. The maximum Gasteiger partial charge on any atom is 0.233 e. The van der Waals surface area contributed by atoms with E-state index in [9.17, 15) is 13.2 Å². The normalized spacial score (nSPS) is 11.2. The van der Waals surface area contributed by atoms with E-state index in [1.807, 2.05) is 4.90 Å². The van der Waals surface area contributed by atoms with Crippen molar-refractivity contribution in [1.29, 1.82) is 0 Å². The molecule has 0 aromatic heterocycles. The molecule has 0 N–H and O–H groups in total. The van der Waals surface area contributed by atoms with Gasteiger partial charge < -0.3 is 4.90 Å². The molecule has 0 saturated heterocycles. The molecule has 1 aromatic rings. The van der Waals surface area contributed by atoms with Crippen molar-refractivity contribution in [3.8, 4) is 0 Å². The van der Waals surface area contributed by atoms with Crippen LogP contribution in [0.3, 0.4) is 0 Å². The third-order valence-corrected chi connectivity index (χ3v) is 3.53. The van der Waals surface area contributed by atoms with Gasteiger partial charge in [0.1, 0.15) is 9.84 Å². The largest absolute Gasteiger partial charge is 0.369 e. The Labute approximate surface area is 112 Å². The van der Waals surface area contributed by atoms with Gasteiger partial charge >= 0.3 is 0 Å². The molecule has 0 spiro atoms. The van der Waals surface area contributed by atoms with Crippen molar-refractivity contribution in [3.63, 3.8) is 0 Å². The second-order valence-corrected chi connectivity index (χ2v) is 6.59. The Hall–Kier alpha value is -1.07. The molecular formula is C12H15ClNO3S. The minimum absolute atomic E-state index is 0.0748. The number of rotatable bonds is 7. The predicted octanol–water partition coefficient (Wildman–Crippen LogP) is 1.23. The van der Waals surface area contributed by atoms with E-state index >= 15 is 0 Å². The summed E-state index contributed by atoms with van der Waals surface area (Å²) in [5.74, 6) is 0.483. The summed E-state index contributed by atoms with van der Waals surface area (Å²) in [4.78, 5) is 12.3. The Morgan fingerprint density at radius 3 is 2.28 bits per heavy atom. The Balaban J connectivity index is 2.79. The van der Waals surface area contributed by atoms with Gasteiger partial charge in [-0.05, 0) is 24.3 Å². The molecule has 0 amide bonds. The van der Waals surface area contributed by atoms with Gasteiger partial charge in [0.05, 0.1) is 5.75 Å². The van der Waals surface area contributed by atoms with Crippen LogP contribution in [0, 0.1) is 0 Å². The van der Waals surface area contributed by atoms with Crippen molar-refractivity contribution in [2.75, 3.05) is 35.9 Å². The van der Waals surface area contributed by atoms with Gasteiger partial charge in [-0.1, -0.05) is 0 Å². The number of hydrogen-bond acceptors (Lipinski definition) is 4.